The predicted molar refractivity (Wildman–Crippen MR) is 118 cm³/mol. The molecule has 0 bridgehead atoms. The van der Waals surface area contributed by atoms with Crippen molar-refractivity contribution in [1.29, 1.82) is 0 Å². The van der Waals surface area contributed by atoms with E-state index >= 15 is 8.78 Å². The second-order valence-electron chi connectivity index (χ2n) is 9.86. The topological polar surface area (TPSA) is 81.8 Å². The Hall–Kier alpha value is -2.55. The molecule has 0 aromatic heterocycles. The number of fused-ring (bicyclic) bond motifs is 1. The molecular weight excluding hydrogens is 430 g/mol. The number of imide groups is 1. The lowest BCUT2D eigenvalue weighted by atomic mass is 9.81. The van der Waals surface area contributed by atoms with Crippen molar-refractivity contribution in [2.45, 2.75) is 63.2 Å². The van der Waals surface area contributed by atoms with Gasteiger partial charge in [0.15, 0.2) is 5.82 Å². The Morgan fingerprint density at radius 3 is 2.48 bits per heavy atom. The van der Waals surface area contributed by atoms with E-state index in [-0.39, 0.29) is 36.8 Å². The summed E-state index contributed by atoms with van der Waals surface area (Å²) in [6.07, 6.45) is 3.74. The van der Waals surface area contributed by atoms with E-state index in [1.165, 1.54) is 4.90 Å². The highest BCUT2D eigenvalue weighted by Crippen LogP contribution is 2.38. The van der Waals surface area contributed by atoms with E-state index in [2.05, 4.69) is 10.6 Å². The van der Waals surface area contributed by atoms with Crippen LogP contribution < -0.4 is 15.5 Å². The average molecular weight is 461 g/mol. The first-order chi connectivity index (χ1) is 15.8. The maximum Gasteiger partial charge on any atom is 0.255 e. The second kappa shape index (κ2) is 8.66. The third-order valence-corrected chi connectivity index (χ3v) is 7.74. The Morgan fingerprint density at radius 2 is 1.79 bits per heavy atom. The first-order valence-electron chi connectivity index (χ1n) is 12.0. The number of anilines is 1. The van der Waals surface area contributed by atoms with Crippen LogP contribution in [0.25, 0.3) is 0 Å². The number of hydrogen-bond donors (Lipinski definition) is 2. The van der Waals surface area contributed by atoms with Gasteiger partial charge in [0.05, 0.1) is 12.2 Å². The van der Waals surface area contributed by atoms with Crippen molar-refractivity contribution in [3.63, 3.8) is 0 Å². The summed E-state index contributed by atoms with van der Waals surface area (Å²) in [7, 11) is 0. The molecule has 7 nitrogen and oxygen atoms in total. The number of benzene rings is 1. The van der Waals surface area contributed by atoms with Crippen molar-refractivity contribution in [3.05, 3.63) is 29.1 Å². The zero-order valence-corrected chi connectivity index (χ0v) is 18.7. The molecule has 33 heavy (non-hydrogen) atoms. The van der Waals surface area contributed by atoms with Crippen LogP contribution in [0.5, 0.6) is 0 Å². The second-order valence-corrected chi connectivity index (χ2v) is 9.86. The summed E-state index contributed by atoms with van der Waals surface area (Å²) in [5.41, 5.74) is -0.0404. The molecule has 4 aliphatic rings. The molecule has 0 aliphatic carbocycles. The molecule has 4 aliphatic heterocycles. The number of rotatable bonds is 4. The van der Waals surface area contributed by atoms with Gasteiger partial charge in [-0.2, -0.15) is 0 Å². The summed E-state index contributed by atoms with van der Waals surface area (Å²) >= 11 is 0. The molecule has 1 atom stereocenters. The summed E-state index contributed by atoms with van der Waals surface area (Å²) in [6, 6.07) is 2.52. The Labute approximate surface area is 191 Å². The summed E-state index contributed by atoms with van der Waals surface area (Å²) in [4.78, 5) is 39.9. The van der Waals surface area contributed by atoms with Gasteiger partial charge in [-0.25, -0.2) is 8.78 Å². The van der Waals surface area contributed by atoms with E-state index in [1.54, 1.807) is 12.1 Å². The van der Waals surface area contributed by atoms with Crippen LogP contribution in [-0.2, 0) is 16.1 Å². The lowest BCUT2D eigenvalue weighted by Crippen LogP contribution is -2.52. The highest BCUT2D eigenvalue weighted by Gasteiger charge is 2.41. The van der Waals surface area contributed by atoms with Gasteiger partial charge in [0, 0.05) is 30.6 Å². The fourth-order valence-corrected chi connectivity index (χ4v) is 5.81. The number of halogens is 2. The molecule has 1 aromatic carbocycles. The van der Waals surface area contributed by atoms with Gasteiger partial charge in [-0.3, -0.25) is 19.7 Å². The summed E-state index contributed by atoms with van der Waals surface area (Å²) in [6.45, 7) is 2.78. The monoisotopic (exact) mass is 460 g/mol. The van der Waals surface area contributed by atoms with Crippen LogP contribution in [0.3, 0.4) is 0 Å². The number of hydrogen-bond acceptors (Lipinski definition) is 5. The molecule has 3 amide bonds. The molecule has 4 heterocycles. The molecule has 178 valence electrons. The maximum atomic E-state index is 15.5. The molecule has 3 saturated heterocycles. The maximum absolute atomic E-state index is 15.5. The van der Waals surface area contributed by atoms with Gasteiger partial charge in [-0.15, -0.1) is 0 Å². The first kappa shape index (κ1) is 22.3. The fraction of sp³-hybridized carbons (Fsp3) is 0.625. The largest absolute Gasteiger partial charge is 0.369 e. The van der Waals surface area contributed by atoms with Crippen molar-refractivity contribution >= 4 is 23.4 Å². The van der Waals surface area contributed by atoms with E-state index < -0.39 is 23.4 Å². The lowest BCUT2D eigenvalue weighted by Gasteiger charge is -2.38. The van der Waals surface area contributed by atoms with Crippen molar-refractivity contribution in [2.24, 2.45) is 5.92 Å². The summed E-state index contributed by atoms with van der Waals surface area (Å²) in [5.74, 6) is -1.36. The van der Waals surface area contributed by atoms with Gasteiger partial charge in [0.25, 0.3) is 5.91 Å². The van der Waals surface area contributed by atoms with E-state index in [9.17, 15) is 14.4 Å². The lowest BCUT2D eigenvalue weighted by molar-refractivity contribution is -0.136. The molecule has 5 rings (SSSR count). The molecule has 0 saturated carbocycles. The highest BCUT2D eigenvalue weighted by molar-refractivity contribution is 6.05. The molecule has 0 radical (unpaired) electrons. The zero-order valence-electron chi connectivity index (χ0n) is 18.7. The highest BCUT2D eigenvalue weighted by atomic mass is 19.1. The number of alkyl halides is 1. The number of nitrogens with one attached hydrogen (secondary N) is 2. The third-order valence-electron chi connectivity index (χ3n) is 7.74. The van der Waals surface area contributed by atoms with E-state index in [0.29, 0.717) is 49.5 Å². The van der Waals surface area contributed by atoms with Crippen LogP contribution in [0, 0.1) is 11.7 Å². The molecule has 1 unspecified atom stereocenters. The van der Waals surface area contributed by atoms with Crippen molar-refractivity contribution in [2.75, 3.05) is 31.1 Å². The molecule has 9 heteroatoms. The average Bonchev–Trinajstić information content (AvgIpc) is 3.12. The van der Waals surface area contributed by atoms with Crippen LogP contribution in [0.1, 0.15) is 60.9 Å². The Kier molecular flexibility index (Phi) is 5.84. The minimum absolute atomic E-state index is 0.0228. The number of amides is 3. The van der Waals surface area contributed by atoms with Gasteiger partial charge < -0.3 is 15.1 Å². The van der Waals surface area contributed by atoms with Crippen molar-refractivity contribution < 1.29 is 23.2 Å². The van der Waals surface area contributed by atoms with Gasteiger partial charge in [0.1, 0.15) is 11.7 Å². The standard InChI is InChI=1S/C24H30F2N4O3/c25-21-17-14-30(19-3-4-20(31)28-22(19)32)23(33)16(17)1-2-18(21)29-11-5-15(6-12-29)13-24(26)7-9-27-10-8-24/h1-2,15,19,27H,3-14H2,(H,28,31,32). The fourth-order valence-electron chi connectivity index (χ4n) is 5.81. The Balaban J connectivity index is 1.25. The molecule has 3 fully saturated rings. The first-order valence-corrected chi connectivity index (χ1v) is 12.0. The normalized spacial score (nSPS) is 25.9. The zero-order chi connectivity index (χ0) is 23.2. The smallest absolute Gasteiger partial charge is 0.255 e. The van der Waals surface area contributed by atoms with Crippen LogP contribution in [0.15, 0.2) is 12.1 Å². The van der Waals surface area contributed by atoms with E-state index in [1.807, 2.05) is 4.90 Å². The predicted octanol–water partition coefficient (Wildman–Crippen LogP) is 2.28. The quantitative estimate of drug-likeness (QED) is 0.674. The van der Waals surface area contributed by atoms with Crippen LogP contribution >= 0.6 is 0 Å². The van der Waals surface area contributed by atoms with Crippen molar-refractivity contribution in [3.8, 4) is 0 Å². The number of carbonyl (C=O) groups excluding carboxylic acids is 3. The van der Waals surface area contributed by atoms with Crippen LogP contribution in [-0.4, -0.2) is 60.5 Å². The van der Waals surface area contributed by atoms with E-state index in [4.69, 9.17) is 0 Å². The van der Waals surface area contributed by atoms with Crippen LogP contribution in [0.2, 0.25) is 0 Å². The molecule has 2 N–H and O–H groups in total. The third kappa shape index (κ3) is 4.23. The molecule has 0 spiro atoms. The van der Waals surface area contributed by atoms with Gasteiger partial charge in [-0.05, 0) is 69.7 Å². The minimum atomic E-state index is -1.09. The van der Waals surface area contributed by atoms with E-state index in [0.717, 1.165) is 25.9 Å². The summed E-state index contributed by atoms with van der Waals surface area (Å²) < 4.78 is 30.6. The van der Waals surface area contributed by atoms with Gasteiger partial charge in [-0.1, -0.05) is 0 Å². The van der Waals surface area contributed by atoms with Crippen LogP contribution in [0.4, 0.5) is 14.5 Å². The number of carbonyl (C=O) groups is 3. The number of piperidine rings is 3. The van der Waals surface area contributed by atoms with Gasteiger partial charge >= 0.3 is 0 Å². The SMILES string of the molecule is O=C1CCC(N2Cc3c(ccc(N4CCC(CC5(F)CCNCC5)CC4)c3F)C2=O)C(=O)N1. The minimum Gasteiger partial charge on any atom is -0.369 e. The van der Waals surface area contributed by atoms with Crippen molar-refractivity contribution in [1.82, 2.24) is 15.5 Å². The Bertz CT molecular complexity index is 971. The molecular formula is C24H30F2N4O3. The van der Waals surface area contributed by atoms with Gasteiger partial charge in [0.2, 0.25) is 11.8 Å². The molecule has 1 aromatic rings. The number of nitrogens with zero attached hydrogens (tertiary/aromatic N) is 2. The summed E-state index contributed by atoms with van der Waals surface area (Å²) in [5, 5.41) is 5.47. The Morgan fingerprint density at radius 1 is 1.06 bits per heavy atom.